The predicted molar refractivity (Wildman–Crippen MR) is 103 cm³/mol. The quantitative estimate of drug-likeness (QED) is 0.283. The van der Waals surface area contributed by atoms with Crippen molar-refractivity contribution in [1.29, 1.82) is 0 Å². The molecule has 25 heavy (non-hydrogen) atoms. The molecule has 0 N–H and O–H groups in total. The van der Waals surface area contributed by atoms with E-state index in [0.717, 1.165) is 19.3 Å². The number of benzene rings is 1. The van der Waals surface area contributed by atoms with E-state index in [9.17, 15) is 4.91 Å². The summed E-state index contributed by atoms with van der Waals surface area (Å²) in [6.07, 6.45) is 4.15. The third-order valence-corrected chi connectivity index (χ3v) is 3.84. The lowest BCUT2D eigenvalue weighted by Gasteiger charge is -2.12. The number of rotatable bonds is 13. The topological polar surface area (TPSA) is 57.1 Å². The minimum atomic E-state index is 0.128. The van der Waals surface area contributed by atoms with Gasteiger partial charge in [0, 0.05) is 18.7 Å². The average molecular weight is 431 g/mol. The first kappa shape index (κ1) is 22.3. The number of ether oxygens (including phenoxy) is 3. The van der Waals surface area contributed by atoms with E-state index in [0.29, 0.717) is 41.4 Å². The molecule has 1 aromatic rings. The highest BCUT2D eigenvalue weighted by molar-refractivity contribution is 6.55. The average Bonchev–Trinajstić information content (AvgIpc) is 2.55. The predicted octanol–water partition coefficient (Wildman–Crippen LogP) is 6.02. The van der Waals surface area contributed by atoms with Crippen molar-refractivity contribution in [3.63, 3.8) is 0 Å². The van der Waals surface area contributed by atoms with E-state index >= 15 is 0 Å². The van der Waals surface area contributed by atoms with Crippen LogP contribution >= 0.6 is 46.4 Å². The maximum atomic E-state index is 9.88. The van der Waals surface area contributed by atoms with Crippen LogP contribution in [0.3, 0.4) is 0 Å². The van der Waals surface area contributed by atoms with Crippen LogP contribution in [0.4, 0.5) is 0 Å². The van der Waals surface area contributed by atoms with E-state index in [4.69, 9.17) is 60.6 Å². The largest absolute Gasteiger partial charge is 0.490 e. The first-order valence-corrected chi connectivity index (χ1v) is 9.18. The lowest BCUT2D eigenvalue weighted by Crippen LogP contribution is -2.02. The molecule has 0 amide bonds. The summed E-state index contributed by atoms with van der Waals surface area (Å²) in [5.74, 6) is 0.921. The molecule has 0 saturated heterocycles. The summed E-state index contributed by atoms with van der Waals surface area (Å²) < 4.78 is 16.4. The molecule has 0 aliphatic rings. The third-order valence-electron chi connectivity index (χ3n) is 2.97. The van der Waals surface area contributed by atoms with E-state index in [-0.39, 0.29) is 17.6 Å². The van der Waals surface area contributed by atoms with Crippen LogP contribution in [-0.2, 0) is 4.74 Å². The Morgan fingerprint density at radius 2 is 1.68 bits per heavy atom. The van der Waals surface area contributed by atoms with E-state index in [1.54, 1.807) is 12.1 Å². The van der Waals surface area contributed by atoms with Gasteiger partial charge in [0.1, 0.15) is 23.4 Å². The smallest absolute Gasteiger partial charge is 0.156 e. The highest BCUT2D eigenvalue weighted by Gasteiger charge is 2.10. The molecule has 1 rings (SSSR count). The minimum absolute atomic E-state index is 0.128. The molecule has 0 unspecified atom stereocenters. The Bertz CT molecular complexity index is 542. The molecular weight excluding hydrogens is 412 g/mol. The van der Waals surface area contributed by atoms with Crippen LogP contribution in [0.1, 0.15) is 19.3 Å². The summed E-state index contributed by atoms with van der Waals surface area (Å²) in [5, 5.41) is 3.46. The summed E-state index contributed by atoms with van der Waals surface area (Å²) in [4.78, 5) is 9.88. The summed E-state index contributed by atoms with van der Waals surface area (Å²) in [6, 6.07) is 3.24. The van der Waals surface area contributed by atoms with Gasteiger partial charge in [-0.25, -0.2) is 0 Å². The van der Waals surface area contributed by atoms with Crippen molar-refractivity contribution in [3.8, 4) is 11.5 Å². The summed E-state index contributed by atoms with van der Waals surface area (Å²) >= 11 is 23.4. The van der Waals surface area contributed by atoms with Gasteiger partial charge in [-0.05, 0) is 25.3 Å². The van der Waals surface area contributed by atoms with Crippen molar-refractivity contribution in [3.05, 3.63) is 37.7 Å². The maximum absolute atomic E-state index is 9.88. The van der Waals surface area contributed by atoms with Gasteiger partial charge < -0.3 is 14.2 Å². The van der Waals surface area contributed by atoms with Crippen molar-refractivity contribution >= 4 is 46.4 Å². The van der Waals surface area contributed by atoms with Gasteiger partial charge in [-0.3, -0.25) is 0 Å². The minimum Gasteiger partial charge on any atom is -0.490 e. The van der Waals surface area contributed by atoms with Gasteiger partial charge in [-0.15, -0.1) is 0 Å². The second kappa shape index (κ2) is 13.5. The lowest BCUT2D eigenvalue weighted by atomic mass is 10.2. The number of nitrogens with zero attached hydrogens (tertiary/aromatic N) is 1. The number of unbranched alkanes of at least 4 members (excludes halogenated alkanes) is 2. The van der Waals surface area contributed by atoms with Gasteiger partial charge in [0.25, 0.3) is 0 Å². The van der Waals surface area contributed by atoms with Crippen LogP contribution in [0.5, 0.6) is 11.5 Å². The molecule has 0 heterocycles. The lowest BCUT2D eigenvalue weighted by molar-refractivity contribution is 0.136. The van der Waals surface area contributed by atoms with Crippen molar-refractivity contribution in [2.75, 3.05) is 33.0 Å². The second-order valence-corrected chi connectivity index (χ2v) is 6.72. The SMILES string of the molecule is O=NCCOCCCCCOc1c(Cl)cc(OCC=C(Cl)Cl)cc1Cl. The summed E-state index contributed by atoms with van der Waals surface area (Å²) in [7, 11) is 0. The number of halogens is 4. The van der Waals surface area contributed by atoms with Crippen LogP contribution in [-0.4, -0.2) is 33.0 Å². The summed E-state index contributed by atoms with van der Waals surface area (Å²) in [5.41, 5.74) is 0. The van der Waals surface area contributed by atoms with Crippen LogP contribution in [0.15, 0.2) is 27.9 Å². The van der Waals surface area contributed by atoms with Crippen LogP contribution < -0.4 is 9.47 Å². The zero-order valence-corrected chi connectivity index (χ0v) is 16.5. The molecule has 1 aromatic carbocycles. The standard InChI is InChI=1S/C16H19Cl4NO4/c17-13-10-12(24-8-4-15(19)20)11-14(18)16(13)25-7-3-1-2-6-23-9-5-21-22/h4,10-11H,1-3,5-9H2. The Morgan fingerprint density at radius 1 is 1.00 bits per heavy atom. The monoisotopic (exact) mass is 429 g/mol. The Kier molecular flexibility index (Phi) is 12.0. The molecule has 0 aliphatic carbocycles. The molecule has 0 saturated carbocycles. The molecule has 0 fully saturated rings. The fourth-order valence-corrected chi connectivity index (χ4v) is 2.52. The molecule has 0 radical (unpaired) electrons. The Labute approximate surface area is 167 Å². The van der Waals surface area contributed by atoms with Gasteiger partial charge in [0.05, 0.1) is 23.3 Å². The molecule has 0 aliphatic heterocycles. The van der Waals surface area contributed by atoms with E-state index in [2.05, 4.69) is 5.18 Å². The van der Waals surface area contributed by atoms with Gasteiger partial charge in [-0.2, -0.15) is 4.91 Å². The molecule has 9 heteroatoms. The van der Waals surface area contributed by atoms with E-state index in [1.165, 1.54) is 6.08 Å². The molecule has 0 aromatic heterocycles. The molecule has 0 spiro atoms. The van der Waals surface area contributed by atoms with Gasteiger partial charge in [0.2, 0.25) is 0 Å². The second-order valence-electron chi connectivity index (χ2n) is 4.90. The van der Waals surface area contributed by atoms with Crippen molar-refractivity contribution in [2.24, 2.45) is 5.18 Å². The van der Waals surface area contributed by atoms with Gasteiger partial charge >= 0.3 is 0 Å². The fourth-order valence-electron chi connectivity index (χ4n) is 1.82. The highest BCUT2D eigenvalue weighted by Crippen LogP contribution is 2.37. The van der Waals surface area contributed by atoms with Crippen LogP contribution in [0.25, 0.3) is 0 Å². The van der Waals surface area contributed by atoms with Gasteiger partial charge in [0.15, 0.2) is 5.75 Å². The van der Waals surface area contributed by atoms with E-state index in [1.807, 2.05) is 0 Å². The third kappa shape index (κ3) is 10.1. The number of hydrogen-bond acceptors (Lipinski definition) is 5. The van der Waals surface area contributed by atoms with Crippen LogP contribution in [0.2, 0.25) is 10.0 Å². The maximum Gasteiger partial charge on any atom is 0.156 e. The molecule has 140 valence electrons. The number of nitroso groups, excluding NO2 is 1. The van der Waals surface area contributed by atoms with Crippen molar-refractivity contribution in [2.45, 2.75) is 19.3 Å². The Balaban J connectivity index is 2.31. The highest BCUT2D eigenvalue weighted by atomic mass is 35.5. The van der Waals surface area contributed by atoms with Crippen molar-refractivity contribution < 1.29 is 14.2 Å². The molecule has 0 bridgehead atoms. The van der Waals surface area contributed by atoms with Crippen molar-refractivity contribution in [1.82, 2.24) is 0 Å². The summed E-state index contributed by atoms with van der Waals surface area (Å²) in [6.45, 7) is 1.85. The number of hydrogen-bond donors (Lipinski definition) is 0. The first-order chi connectivity index (χ1) is 12.0. The first-order valence-electron chi connectivity index (χ1n) is 7.67. The van der Waals surface area contributed by atoms with Gasteiger partial charge in [-0.1, -0.05) is 51.6 Å². The molecule has 0 atom stereocenters. The fraction of sp³-hybridized carbons (Fsp3) is 0.500. The molecule has 5 nitrogen and oxygen atoms in total. The zero-order valence-electron chi connectivity index (χ0n) is 13.5. The van der Waals surface area contributed by atoms with Crippen LogP contribution in [0, 0.1) is 4.91 Å². The normalized spacial score (nSPS) is 10.4. The molecular formula is C16H19Cl4NO4. The Hall–Kier alpha value is -0.720. The zero-order chi connectivity index (χ0) is 18.5. The Morgan fingerprint density at radius 3 is 2.32 bits per heavy atom. The van der Waals surface area contributed by atoms with E-state index < -0.39 is 0 Å².